The van der Waals surface area contributed by atoms with Crippen molar-refractivity contribution < 1.29 is 28.2 Å². The summed E-state index contributed by atoms with van der Waals surface area (Å²) in [6.07, 6.45) is 0.148. The summed E-state index contributed by atoms with van der Waals surface area (Å²) < 4.78 is 29.6. The Balaban J connectivity index is 2.11. The lowest BCUT2D eigenvalue weighted by Crippen LogP contribution is -2.33. The molecule has 2 rings (SSSR count). The third-order valence-electron chi connectivity index (χ3n) is 3.92. The van der Waals surface area contributed by atoms with Crippen molar-refractivity contribution in [3.8, 4) is 5.75 Å². The largest absolute Gasteiger partial charge is 0.481 e. The smallest absolute Gasteiger partial charge is 0.387 e. The molecule has 7 heteroatoms. The van der Waals surface area contributed by atoms with Gasteiger partial charge in [0, 0.05) is 25.1 Å². The fraction of sp³-hybridized carbons (Fsp3) is 0.300. The molecule has 5 nitrogen and oxygen atoms in total. The molecular formula is C20H21F2NO4. The summed E-state index contributed by atoms with van der Waals surface area (Å²) in [4.78, 5) is 25.1. The number of amides is 1. The van der Waals surface area contributed by atoms with E-state index in [4.69, 9.17) is 5.11 Å². The van der Waals surface area contributed by atoms with Crippen LogP contribution in [0.3, 0.4) is 0 Å². The predicted octanol–water partition coefficient (Wildman–Crippen LogP) is 3.72. The summed E-state index contributed by atoms with van der Waals surface area (Å²) in [7, 11) is 0. The zero-order valence-corrected chi connectivity index (χ0v) is 14.7. The van der Waals surface area contributed by atoms with Gasteiger partial charge in [-0.15, -0.1) is 0 Å². The highest BCUT2D eigenvalue weighted by molar-refractivity contribution is 5.79. The summed E-state index contributed by atoms with van der Waals surface area (Å²) in [5.74, 6) is -1.25. The SMILES string of the molecule is O=C(O)CCCN(Cc1ccccc1)C(=O)Cc1ccccc1OC(F)F. The van der Waals surface area contributed by atoms with E-state index in [0.29, 0.717) is 18.5 Å². The second kappa shape index (κ2) is 10.3. The fourth-order valence-corrected chi connectivity index (χ4v) is 2.65. The van der Waals surface area contributed by atoms with E-state index in [-0.39, 0.29) is 31.0 Å². The van der Waals surface area contributed by atoms with Gasteiger partial charge in [-0.1, -0.05) is 48.5 Å². The Morgan fingerprint density at radius 2 is 1.70 bits per heavy atom. The second-order valence-corrected chi connectivity index (χ2v) is 5.96. The Bertz CT molecular complexity index is 753. The number of ether oxygens (including phenoxy) is 1. The number of nitrogens with zero attached hydrogens (tertiary/aromatic N) is 1. The van der Waals surface area contributed by atoms with Gasteiger partial charge in [0.1, 0.15) is 5.75 Å². The van der Waals surface area contributed by atoms with E-state index in [9.17, 15) is 18.4 Å². The van der Waals surface area contributed by atoms with Crippen molar-refractivity contribution in [2.45, 2.75) is 32.4 Å². The Morgan fingerprint density at radius 3 is 2.37 bits per heavy atom. The van der Waals surface area contributed by atoms with E-state index >= 15 is 0 Å². The molecule has 0 saturated carbocycles. The summed E-state index contributed by atoms with van der Waals surface area (Å²) in [6, 6.07) is 15.4. The zero-order valence-electron chi connectivity index (χ0n) is 14.7. The van der Waals surface area contributed by atoms with E-state index in [1.54, 1.807) is 18.2 Å². The third-order valence-corrected chi connectivity index (χ3v) is 3.92. The Hall–Kier alpha value is -2.96. The van der Waals surface area contributed by atoms with Crippen LogP contribution in [0.5, 0.6) is 5.75 Å². The van der Waals surface area contributed by atoms with Crippen LogP contribution >= 0.6 is 0 Å². The molecule has 0 saturated heterocycles. The summed E-state index contributed by atoms with van der Waals surface area (Å²) in [5.41, 5.74) is 1.26. The molecule has 2 aromatic rings. The van der Waals surface area contributed by atoms with Crippen molar-refractivity contribution in [3.63, 3.8) is 0 Å². The van der Waals surface area contributed by atoms with Gasteiger partial charge in [-0.3, -0.25) is 9.59 Å². The normalized spacial score (nSPS) is 10.6. The maximum atomic E-state index is 12.8. The van der Waals surface area contributed by atoms with Gasteiger partial charge in [0.25, 0.3) is 0 Å². The number of carbonyl (C=O) groups excluding carboxylic acids is 1. The number of hydrogen-bond donors (Lipinski definition) is 1. The van der Waals surface area contributed by atoms with Gasteiger partial charge in [-0.25, -0.2) is 0 Å². The number of carbonyl (C=O) groups is 2. The first-order valence-corrected chi connectivity index (χ1v) is 8.52. The summed E-state index contributed by atoms with van der Waals surface area (Å²) in [6.45, 7) is -2.40. The minimum absolute atomic E-state index is 0.0361. The minimum Gasteiger partial charge on any atom is -0.481 e. The monoisotopic (exact) mass is 377 g/mol. The molecule has 2 aromatic carbocycles. The highest BCUT2D eigenvalue weighted by atomic mass is 19.3. The van der Waals surface area contributed by atoms with Crippen LogP contribution < -0.4 is 4.74 Å². The predicted molar refractivity (Wildman–Crippen MR) is 95.5 cm³/mol. The molecule has 0 aliphatic carbocycles. The number of carboxylic acid groups (broad SMARTS) is 1. The topological polar surface area (TPSA) is 66.8 Å². The van der Waals surface area contributed by atoms with Crippen molar-refractivity contribution in [3.05, 3.63) is 65.7 Å². The highest BCUT2D eigenvalue weighted by Crippen LogP contribution is 2.22. The molecule has 0 unspecified atom stereocenters. The van der Waals surface area contributed by atoms with Crippen molar-refractivity contribution in [2.75, 3.05) is 6.54 Å². The molecule has 0 spiro atoms. The average molecular weight is 377 g/mol. The molecule has 0 heterocycles. The summed E-state index contributed by atoms with van der Waals surface area (Å²) in [5, 5.41) is 8.82. The van der Waals surface area contributed by atoms with Gasteiger partial charge in [0.05, 0.1) is 6.42 Å². The van der Waals surface area contributed by atoms with Gasteiger partial charge in [0.2, 0.25) is 5.91 Å². The van der Waals surface area contributed by atoms with Gasteiger partial charge in [-0.2, -0.15) is 8.78 Å². The van der Waals surface area contributed by atoms with Gasteiger partial charge in [0.15, 0.2) is 0 Å². The minimum atomic E-state index is -2.97. The Labute approximate surface area is 156 Å². The summed E-state index contributed by atoms with van der Waals surface area (Å²) >= 11 is 0. The number of benzene rings is 2. The molecular weight excluding hydrogens is 356 g/mol. The van der Waals surface area contributed by atoms with Crippen LogP contribution in [-0.4, -0.2) is 35.0 Å². The molecule has 1 amide bonds. The molecule has 0 radical (unpaired) electrons. The van der Waals surface area contributed by atoms with Crippen LogP contribution in [0.1, 0.15) is 24.0 Å². The van der Waals surface area contributed by atoms with E-state index in [1.165, 1.54) is 11.0 Å². The molecule has 0 fully saturated rings. The lowest BCUT2D eigenvalue weighted by atomic mass is 10.1. The molecule has 27 heavy (non-hydrogen) atoms. The first-order chi connectivity index (χ1) is 13.0. The molecule has 0 aliphatic heterocycles. The number of para-hydroxylation sites is 1. The lowest BCUT2D eigenvalue weighted by Gasteiger charge is -2.23. The number of alkyl halides is 2. The third kappa shape index (κ3) is 7.05. The maximum Gasteiger partial charge on any atom is 0.387 e. The molecule has 0 atom stereocenters. The molecule has 0 aromatic heterocycles. The van der Waals surface area contributed by atoms with Crippen LogP contribution in [0.4, 0.5) is 8.78 Å². The molecule has 144 valence electrons. The zero-order chi connectivity index (χ0) is 19.6. The van der Waals surface area contributed by atoms with Crippen molar-refractivity contribution in [2.24, 2.45) is 0 Å². The average Bonchev–Trinajstić information content (AvgIpc) is 2.62. The molecule has 0 bridgehead atoms. The highest BCUT2D eigenvalue weighted by Gasteiger charge is 2.18. The number of halogens is 2. The Morgan fingerprint density at radius 1 is 1.04 bits per heavy atom. The fourth-order valence-electron chi connectivity index (χ4n) is 2.65. The van der Waals surface area contributed by atoms with Crippen LogP contribution in [-0.2, 0) is 22.6 Å². The molecule has 1 N–H and O–H groups in total. The van der Waals surface area contributed by atoms with E-state index in [2.05, 4.69) is 4.74 Å². The van der Waals surface area contributed by atoms with E-state index in [0.717, 1.165) is 5.56 Å². The van der Waals surface area contributed by atoms with E-state index in [1.807, 2.05) is 30.3 Å². The first-order valence-electron chi connectivity index (χ1n) is 8.52. The number of aliphatic carboxylic acids is 1. The van der Waals surface area contributed by atoms with Gasteiger partial charge < -0.3 is 14.7 Å². The maximum absolute atomic E-state index is 12.8. The van der Waals surface area contributed by atoms with Crippen LogP contribution in [0.15, 0.2) is 54.6 Å². The van der Waals surface area contributed by atoms with Crippen LogP contribution in [0, 0.1) is 0 Å². The standard InChI is InChI=1S/C20H21F2NO4/c21-20(22)27-17-10-5-4-9-16(17)13-18(24)23(12-6-11-19(25)26)14-15-7-2-1-3-8-15/h1-5,7-10,20H,6,11-14H2,(H,25,26). The first kappa shape index (κ1) is 20.4. The van der Waals surface area contributed by atoms with Gasteiger partial charge in [-0.05, 0) is 18.1 Å². The number of hydrogen-bond acceptors (Lipinski definition) is 3. The quantitative estimate of drug-likeness (QED) is 0.685. The van der Waals surface area contributed by atoms with Crippen molar-refractivity contribution in [1.29, 1.82) is 0 Å². The van der Waals surface area contributed by atoms with E-state index < -0.39 is 12.6 Å². The number of rotatable bonds is 10. The van der Waals surface area contributed by atoms with Crippen LogP contribution in [0.25, 0.3) is 0 Å². The van der Waals surface area contributed by atoms with Crippen LogP contribution in [0.2, 0.25) is 0 Å². The second-order valence-electron chi connectivity index (χ2n) is 5.96. The lowest BCUT2D eigenvalue weighted by molar-refractivity contribution is -0.138. The Kier molecular flexibility index (Phi) is 7.73. The number of carboxylic acids is 1. The van der Waals surface area contributed by atoms with Gasteiger partial charge >= 0.3 is 12.6 Å². The van der Waals surface area contributed by atoms with Crippen molar-refractivity contribution in [1.82, 2.24) is 4.90 Å². The molecule has 0 aliphatic rings. The van der Waals surface area contributed by atoms with Crippen molar-refractivity contribution >= 4 is 11.9 Å².